The number of carbonyl (C=O) groups is 2. The summed E-state index contributed by atoms with van der Waals surface area (Å²) in [5.41, 5.74) is 6.61. The van der Waals surface area contributed by atoms with Gasteiger partial charge in [-0.1, -0.05) is 49.0 Å². The van der Waals surface area contributed by atoms with E-state index in [2.05, 4.69) is 38.7 Å². The number of thioether (sulfide) groups is 1. The Labute approximate surface area is 188 Å². The largest absolute Gasteiger partial charge is 0.369 e. The summed E-state index contributed by atoms with van der Waals surface area (Å²) in [7, 11) is 4.08. The molecule has 0 spiro atoms. The van der Waals surface area contributed by atoms with Gasteiger partial charge in [0.2, 0.25) is 11.8 Å². The van der Waals surface area contributed by atoms with E-state index in [4.69, 9.17) is 5.73 Å². The molecule has 1 aliphatic heterocycles. The predicted molar refractivity (Wildman–Crippen MR) is 122 cm³/mol. The third-order valence-corrected chi connectivity index (χ3v) is 6.69. The van der Waals surface area contributed by atoms with E-state index in [-0.39, 0.29) is 29.5 Å². The number of rotatable bonds is 9. The second kappa shape index (κ2) is 10.8. The molecule has 2 atom stereocenters. The van der Waals surface area contributed by atoms with Gasteiger partial charge < -0.3 is 15.2 Å². The number of benzene rings is 1. The molecule has 2 heterocycles. The molecule has 0 aliphatic carbocycles. The molecule has 2 N–H and O–H groups in total. The molecule has 1 aromatic heterocycles. The molecule has 0 saturated carbocycles. The number of primary amides is 1. The van der Waals surface area contributed by atoms with Crippen LogP contribution < -0.4 is 5.73 Å². The first kappa shape index (κ1) is 23.3. The lowest BCUT2D eigenvalue weighted by Crippen LogP contribution is -2.44. The molecular weight excluding hydrogens is 412 g/mol. The summed E-state index contributed by atoms with van der Waals surface area (Å²) in [4.78, 5) is 28.2. The molecule has 0 unspecified atom stereocenters. The first-order valence-electron chi connectivity index (χ1n) is 10.7. The van der Waals surface area contributed by atoms with Gasteiger partial charge in [-0.3, -0.25) is 14.5 Å². The lowest BCUT2D eigenvalue weighted by molar-refractivity contribution is -0.132. The van der Waals surface area contributed by atoms with E-state index in [1.165, 1.54) is 11.8 Å². The monoisotopic (exact) mass is 444 g/mol. The lowest BCUT2D eigenvalue weighted by Gasteiger charge is -2.31. The van der Waals surface area contributed by atoms with Crippen molar-refractivity contribution in [3.8, 4) is 0 Å². The Kier molecular flexibility index (Phi) is 8.09. The molecule has 9 heteroatoms. The average Bonchev–Trinajstić information content (AvgIpc) is 3.15. The SMILES string of the molecule is CC[C@@H](c1nnc(SCC(=O)N2CCC[C@H](C(N)=O)C2)n1Cc1ccccc1)N(C)C. The zero-order valence-corrected chi connectivity index (χ0v) is 19.3. The van der Waals surface area contributed by atoms with Crippen LogP contribution in [0.15, 0.2) is 35.5 Å². The molecule has 0 bridgehead atoms. The van der Waals surface area contributed by atoms with Crippen LogP contribution in [0.4, 0.5) is 0 Å². The van der Waals surface area contributed by atoms with Crippen LogP contribution in [0, 0.1) is 5.92 Å². The fraction of sp³-hybridized carbons (Fsp3) is 0.545. The zero-order chi connectivity index (χ0) is 22.4. The maximum absolute atomic E-state index is 12.8. The van der Waals surface area contributed by atoms with Crippen molar-refractivity contribution in [2.45, 2.75) is 43.9 Å². The summed E-state index contributed by atoms with van der Waals surface area (Å²) >= 11 is 1.40. The third kappa shape index (κ3) is 5.86. The fourth-order valence-corrected chi connectivity index (χ4v) is 4.85. The van der Waals surface area contributed by atoms with E-state index in [0.29, 0.717) is 19.6 Å². The van der Waals surface area contributed by atoms with Gasteiger partial charge in [-0.25, -0.2) is 0 Å². The number of aromatic nitrogens is 3. The minimum absolute atomic E-state index is 0.00594. The van der Waals surface area contributed by atoms with Gasteiger partial charge in [-0.15, -0.1) is 10.2 Å². The second-order valence-electron chi connectivity index (χ2n) is 8.17. The standard InChI is InChI=1S/C22H32N6O2S/c1-4-18(26(2)3)21-24-25-22(28(21)13-16-9-6-5-7-10-16)31-15-19(29)27-12-8-11-17(14-27)20(23)30/h5-7,9-10,17-18H,4,8,11-15H2,1-3H3,(H2,23,30)/t17-,18-/m0/s1. The van der Waals surface area contributed by atoms with Crippen LogP contribution in [0.1, 0.15) is 43.6 Å². The molecule has 1 aliphatic rings. The molecule has 168 valence electrons. The second-order valence-corrected chi connectivity index (χ2v) is 9.11. The van der Waals surface area contributed by atoms with Crippen molar-refractivity contribution in [1.82, 2.24) is 24.6 Å². The van der Waals surface area contributed by atoms with Crippen molar-refractivity contribution in [3.63, 3.8) is 0 Å². The Morgan fingerprint density at radius 3 is 2.65 bits per heavy atom. The summed E-state index contributed by atoms with van der Waals surface area (Å²) in [5.74, 6) is 0.592. The van der Waals surface area contributed by atoms with Crippen LogP contribution in [0.2, 0.25) is 0 Å². The first-order chi connectivity index (χ1) is 14.9. The lowest BCUT2D eigenvalue weighted by atomic mass is 9.97. The summed E-state index contributed by atoms with van der Waals surface area (Å²) in [5, 5.41) is 9.66. The van der Waals surface area contributed by atoms with Crippen molar-refractivity contribution >= 4 is 23.6 Å². The number of hydrogen-bond acceptors (Lipinski definition) is 6. The highest BCUT2D eigenvalue weighted by Gasteiger charge is 2.28. The molecule has 8 nitrogen and oxygen atoms in total. The Morgan fingerprint density at radius 2 is 2.00 bits per heavy atom. The van der Waals surface area contributed by atoms with Crippen LogP contribution in [-0.2, 0) is 16.1 Å². The van der Waals surface area contributed by atoms with Gasteiger partial charge in [0, 0.05) is 13.1 Å². The Bertz CT molecular complexity index is 885. The van der Waals surface area contributed by atoms with Gasteiger partial charge in [0.05, 0.1) is 24.3 Å². The number of nitrogens with zero attached hydrogens (tertiary/aromatic N) is 5. The quantitative estimate of drug-likeness (QED) is 0.595. The number of likely N-dealkylation sites (tertiary alicyclic amines) is 1. The van der Waals surface area contributed by atoms with Crippen molar-refractivity contribution in [3.05, 3.63) is 41.7 Å². The van der Waals surface area contributed by atoms with E-state index >= 15 is 0 Å². The summed E-state index contributed by atoms with van der Waals surface area (Å²) < 4.78 is 2.11. The number of piperidine rings is 1. The normalized spacial score (nSPS) is 17.7. The summed E-state index contributed by atoms with van der Waals surface area (Å²) in [6, 6.07) is 10.3. The summed E-state index contributed by atoms with van der Waals surface area (Å²) in [6.07, 6.45) is 2.47. The van der Waals surface area contributed by atoms with E-state index < -0.39 is 0 Å². The van der Waals surface area contributed by atoms with Gasteiger partial charge in [0.25, 0.3) is 0 Å². The predicted octanol–water partition coefficient (Wildman–Crippen LogP) is 2.16. The average molecular weight is 445 g/mol. The number of amides is 2. The zero-order valence-electron chi connectivity index (χ0n) is 18.5. The topological polar surface area (TPSA) is 97.4 Å². The maximum atomic E-state index is 12.8. The van der Waals surface area contributed by atoms with Crippen LogP contribution in [0.25, 0.3) is 0 Å². The number of carbonyl (C=O) groups excluding carboxylic acids is 2. The minimum atomic E-state index is -0.327. The molecule has 0 radical (unpaired) electrons. The van der Waals surface area contributed by atoms with Crippen LogP contribution in [-0.4, -0.2) is 69.3 Å². The van der Waals surface area contributed by atoms with Gasteiger partial charge in [0.1, 0.15) is 0 Å². The Balaban J connectivity index is 1.76. The highest BCUT2D eigenvalue weighted by atomic mass is 32.2. The molecule has 2 aromatic rings. The van der Waals surface area contributed by atoms with Gasteiger partial charge in [-0.2, -0.15) is 0 Å². The van der Waals surface area contributed by atoms with E-state index in [9.17, 15) is 9.59 Å². The van der Waals surface area contributed by atoms with Crippen LogP contribution in [0.3, 0.4) is 0 Å². The molecule has 2 amide bonds. The molecule has 1 aromatic carbocycles. The molecular formula is C22H32N6O2S. The van der Waals surface area contributed by atoms with Gasteiger partial charge >= 0.3 is 0 Å². The highest BCUT2D eigenvalue weighted by molar-refractivity contribution is 7.99. The van der Waals surface area contributed by atoms with Crippen molar-refractivity contribution in [2.75, 3.05) is 32.9 Å². The van der Waals surface area contributed by atoms with Crippen molar-refractivity contribution in [2.24, 2.45) is 11.7 Å². The molecule has 3 rings (SSSR count). The summed E-state index contributed by atoms with van der Waals surface area (Å²) in [6.45, 7) is 3.87. The van der Waals surface area contributed by atoms with E-state index in [1.54, 1.807) is 4.90 Å². The molecule has 1 fully saturated rings. The van der Waals surface area contributed by atoms with Crippen molar-refractivity contribution in [1.29, 1.82) is 0 Å². The fourth-order valence-electron chi connectivity index (χ4n) is 4.00. The van der Waals surface area contributed by atoms with E-state index in [1.807, 2.05) is 32.3 Å². The molecule has 31 heavy (non-hydrogen) atoms. The van der Waals surface area contributed by atoms with Crippen molar-refractivity contribution < 1.29 is 9.59 Å². The smallest absolute Gasteiger partial charge is 0.233 e. The Hall–Kier alpha value is -2.39. The third-order valence-electron chi connectivity index (χ3n) is 5.74. The Morgan fingerprint density at radius 1 is 1.26 bits per heavy atom. The molecule has 1 saturated heterocycles. The van der Waals surface area contributed by atoms with Gasteiger partial charge in [-0.05, 0) is 38.9 Å². The van der Waals surface area contributed by atoms with Gasteiger partial charge in [0.15, 0.2) is 11.0 Å². The maximum Gasteiger partial charge on any atom is 0.233 e. The van der Waals surface area contributed by atoms with E-state index in [0.717, 1.165) is 35.8 Å². The number of nitrogens with two attached hydrogens (primary N) is 1. The van der Waals surface area contributed by atoms with Crippen LogP contribution in [0.5, 0.6) is 0 Å². The highest BCUT2D eigenvalue weighted by Crippen LogP contribution is 2.27. The minimum Gasteiger partial charge on any atom is -0.369 e. The first-order valence-corrected chi connectivity index (χ1v) is 11.7. The van der Waals surface area contributed by atoms with Crippen LogP contribution >= 0.6 is 11.8 Å². The number of hydrogen-bond donors (Lipinski definition) is 1.